The number of rotatable bonds is 7. The molecule has 21 heavy (non-hydrogen) atoms. The maximum absolute atomic E-state index is 11.3. The molecule has 0 aliphatic rings. The van der Waals surface area contributed by atoms with Crippen LogP contribution in [-0.2, 0) is 22.6 Å². The fourth-order valence-corrected chi connectivity index (χ4v) is 2.28. The Hall–Kier alpha value is -1.65. The molecule has 0 saturated heterocycles. The second-order valence-electron chi connectivity index (χ2n) is 4.87. The number of carboxylic acid groups (broad SMARTS) is 1. The van der Waals surface area contributed by atoms with Gasteiger partial charge in [-0.3, -0.25) is 4.79 Å². The molecular weight excluding hydrogens is 332 g/mol. The first-order valence-electron chi connectivity index (χ1n) is 6.74. The molecule has 1 atom stereocenters. The van der Waals surface area contributed by atoms with Crippen molar-refractivity contribution < 1.29 is 14.6 Å². The largest absolute Gasteiger partial charge is 0.481 e. The van der Waals surface area contributed by atoms with Gasteiger partial charge in [-0.15, -0.1) is 0 Å². The number of benzene rings is 2. The van der Waals surface area contributed by atoms with E-state index in [1.807, 2.05) is 54.6 Å². The molecule has 1 N–H and O–H groups in total. The molecule has 0 radical (unpaired) electrons. The molecule has 3 nitrogen and oxygen atoms in total. The lowest BCUT2D eigenvalue weighted by molar-refractivity contribution is -0.144. The van der Waals surface area contributed by atoms with Gasteiger partial charge in [0.15, 0.2) is 0 Å². The second-order valence-corrected chi connectivity index (χ2v) is 5.78. The average molecular weight is 349 g/mol. The molecule has 0 saturated carbocycles. The summed E-state index contributed by atoms with van der Waals surface area (Å²) in [4.78, 5) is 11.3. The predicted molar refractivity (Wildman–Crippen MR) is 85.1 cm³/mol. The fourth-order valence-electron chi connectivity index (χ4n) is 2.02. The van der Waals surface area contributed by atoms with Gasteiger partial charge >= 0.3 is 5.97 Å². The van der Waals surface area contributed by atoms with E-state index in [4.69, 9.17) is 4.74 Å². The van der Waals surface area contributed by atoms with Crippen molar-refractivity contribution in [1.82, 2.24) is 0 Å². The van der Waals surface area contributed by atoms with Gasteiger partial charge in [0.05, 0.1) is 19.1 Å². The molecule has 2 rings (SSSR count). The number of halogens is 1. The molecule has 0 bridgehead atoms. The quantitative estimate of drug-likeness (QED) is 0.824. The summed E-state index contributed by atoms with van der Waals surface area (Å²) in [6, 6.07) is 17.4. The van der Waals surface area contributed by atoms with Crippen molar-refractivity contribution in [1.29, 1.82) is 0 Å². The summed E-state index contributed by atoms with van der Waals surface area (Å²) in [7, 11) is 0. The molecule has 1 unspecified atom stereocenters. The zero-order valence-electron chi connectivity index (χ0n) is 11.5. The van der Waals surface area contributed by atoms with Crippen LogP contribution < -0.4 is 0 Å². The molecule has 4 heteroatoms. The highest BCUT2D eigenvalue weighted by atomic mass is 79.9. The summed E-state index contributed by atoms with van der Waals surface area (Å²) in [5.74, 6) is -1.36. The minimum absolute atomic E-state index is 0.209. The molecule has 0 spiro atoms. The van der Waals surface area contributed by atoms with Crippen LogP contribution >= 0.6 is 15.9 Å². The third-order valence-electron chi connectivity index (χ3n) is 3.18. The van der Waals surface area contributed by atoms with Crippen molar-refractivity contribution in [3.05, 3.63) is 70.2 Å². The molecule has 0 fully saturated rings. The van der Waals surface area contributed by atoms with Crippen LogP contribution in [0.3, 0.4) is 0 Å². The maximum Gasteiger partial charge on any atom is 0.309 e. The summed E-state index contributed by atoms with van der Waals surface area (Å²) in [6.45, 7) is 0.644. The molecule has 0 aliphatic carbocycles. The fraction of sp³-hybridized carbons (Fsp3) is 0.235. The second kappa shape index (κ2) is 7.96. The van der Waals surface area contributed by atoms with E-state index < -0.39 is 11.9 Å². The first-order chi connectivity index (χ1) is 10.1. The molecule has 0 heterocycles. The molecule has 0 aliphatic heterocycles. The minimum Gasteiger partial charge on any atom is -0.481 e. The monoisotopic (exact) mass is 348 g/mol. The van der Waals surface area contributed by atoms with Crippen molar-refractivity contribution in [2.24, 2.45) is 5.92 Å². The highest BCUT2D eigenvalue weighted by Crippen LogP contribution is 2.15. The van der Waals surface area contributed by atoms with Gasteiger partial charge in [-0.25, -0.2) is 0 Å². The number of ether oxygens (including phenoxy) is 1. The van der Waals surface area contributed by atoms with E-state index in [9.17, 15) is 9.90 Å². The Balaban J connectivity index is 1.87. The van der Waals surface area contributed by atoms with E-state index in [2.05, 4.69) is 15.9 Å². The van der Waals surface area contributed by atoms with Crippen molar-refractivity contribution in [3.63, 3.8) is 0 Å². The summed E-state index contributed by atoms with van der Waals surface area (Å²) in [5, 5.41) is 9.30. The van der Waals surface area contributed by atoms with E-state index in [1.165, 1.54) is 0 Å². The standard InChI is InChI=1S/C17H17BrO3/c18-16-8-6-13(7-9-16)10-15(17(19)20)12-21-11-14-4-2-1-3-5-14/h1-9,15H,10-12H2,(H,19,20). The summed E-state index contributed by atoms with van der Waals surface area (Å²) in [5.41, 5.74) is 2.04. The molecule has 0 amide bonds. The van der Waals surface area contributed by atoms with Crippen LogP contribution in [0.15, 0.2) is 59.1 Å². The lowest BCUT2D eigenvalue weighted by Crippen LogP contribution is -2.22. The molecule has 110 valence electrons. The third kappa shape index (κ3) is 5.33. The zero-order valence-corrected chi connectivity index (χ0v) is 13.1. The number of carbonyl (C=O) groups is 1. The van der Waals surface area contributed by atoms with Crippen LogP contribution in [0.4, 0.5) is 0 Å². The van der Waals surface area contributed by atoms with Gasteiger partial charge in [-0.1, -0.05) is 58.4 Å². The summed E-state index contributed by atoms with van der Waals surface area (Å²) in [6.07, 6.45) is 0.470. The highest BCUT2D eigenvalue weighted by Gasteiger charge is 2.18. The smallest absolute Gasteiger partial charge is 0.309 e. The summed E-state index contributed by atoms with van der Waals surface area (Å²) >= 11 is 3.37. The van der Waals surface area contributed by atoms with Crippen LogP contribution in [-0.4, -0.2) is 17.7 Å². The lowest BCUT2D eigenvalue weighted by atomic mass is 10.0. The van der Waals surface area contributed by atoms with Gasteiger partial charge in [0.25, 0.3) is 0 Å². The van der Waals surface area contributed by atoms with Crippen LogP contribution in [0, 0.1) is 5.92 Å². The van der Waals surface area contributed by atoms with Crippen LogP contribution in [0.1, 0.15) is 11.1 Å². The Bertz CT molecular complexity index is 566. The minimum atomic E-state index is -0.828. The van der Waals surface area contributed by atoms with Crippen molar-refractivity contribution in [2.45, 2.75) is 13.0 Å². The number of carboxylic acids is 1. The van der Waals surface area contributed by atoms with Crippen molar-refractivity contribution >= 4 is 21.9 Å². The first-order valence-corrected chi connectivity index (χ1v) is 7.53. The van der Waals surface area contributed by atoms with Gasteiger partial charge in [0.2, 0.25) is 0 Å². The Morgan fingerprint density at radius 3 is 2.33 bits per heavy atom. The number of hydrogen-bond donors (Lipinski definition) is 1. The Morgan fingerprint density at radius 2 is 1.71 bits per heavy atom. The maximum atomic E-state index is 11.3. The lowest BCUT2D eigenvalue weighted by Gasteiger charge is -2.13. The van der Waals surface area contributed by atoms with Crippen molar-refractivity contribution in [3.8, 4) is 0 Å². The Morgan fingerprint density at radius 1 is 1.05 bits per heavy atom. The van der Waals surface area contributed by atoms with Gasteiger partial charge in [0.1, 0.15) is 0 Å². The van der Waals surface area contributed by atoms with Crippen LogP contribution in [0.25, 0.3) is 0 Å². The van der Waals surface area contributed by atoms with Crippen LogP contribution in [0.2, 0.25) is 0 Å². The Kier molecular flexibility index (Phi) is 5.96. The van der Waals surface area contributed by atoms with E-state index in [0.717, 1.165) is 15.6 Å². The molecule has 2 aromatic rings. The first kappa shape index (κ1) is 15.7. The average Bonchev–Trinajstić information content (AvgIpc) is 2.49. The topological polar surface area (TPSA) is 46.5 Å². The zero-order chi connectivity index (χ0) is 15.1. The van der Waals surface area contributed by atoms with E-state index in [-0.39, 0.29) is 6.61 Å². The van der Waals surface area contributed by atoms with Crippen LogP contribution in [0.5, 0.6) is 0 Å². The molecule has 0 aromatic heterocycles. The third-order valence-corrected chi connectivity index (χ3v) is 3.70. The van der Waals surface area contributed by atoms with E-state index >= 15 is 0 Å². The number of aliphatic carboxylic acids is 1. The number of hydrogen-bond acceptors (Lipinski definition) is 2. The molecule has 2 aromatic carbocycles. The van der Waals surface area contributed by atoms with Gasteiger partial charge < -0.3 is 9.84 Å². The SMILES string of the molecule is O=C(O)C(COCc1ccccc1)Cc1ccc(Br)cc1. The predicted octanol–water partition coefficient (Wildman–Crippen LogP) is 3.91. The van der Waals surface area contributed by atoms with E-state index in [0.29, 0.717) is 13.0 Å². The van der Waals surface area contributed by atoms with Gasteiger partial charge in [-0.2, -0.15) is 0 Å². The van der Waals surface area contributed by atoms with Crippen molar-refractivity contribution in [2.75, 3.05) is 6.61 Å². The normalized spacial score (nSPS) is 12.0. The van der Waals surface area contributed by atoms with E-state index in [1.54, 1.807) is 0 Å². The van der Waals surface area contributed by atoms with Gasteiger partial charge in [-0.05, 0) is 29.7 Å². The Labute approximate surface area is 132 Å². The highest BCUT2D eigenvalue weighted by molar-refractivity contribution is 9.10. The summed E-state index contributed by atoms with van der Waals surface area (Å²) < 4.78 is 6.53. The van der Waals surface area contributed by atoms with Gasteiger partial charge in [0, 0.05) is 4.47 Å². The molecular formula is C17H17BrO3.